The van der Waals surface area contributed by atoms with Crippen LogP contribution in [0, 0.1) is 13.8 Å². The molecule has 0 fully saturated rings. The van der Waals surface area contributed by atoms with E-state index >= 15 is 0 Å². The highest BCUT2D eigenvalue weighted by Crippen LogP contribution is 2.16. The zero-order chi connectivity index (χ0) is 23.7. The topological polar surface area (TPSA) is 111 Å². The molecule has 2 aromatic rings. The summed E-state index contributed by atoms with van der Waals surface area (Å²) in [5.41, 5.74) is 3.42. The number of benzene rings is 2. The van der Waals surface area contributed by atoms with E-state index < -0.39 is 24.5 Å². The maximum Gasteiger partial charge on any atom is 0.338 e. The summed E-state index contributed by atoms with van der Waals surface area (Å²) < 4.78 is 10.0. The highest BCUT2D eigenvalue weighted by molar-refractivity contribution is 5.95. The van der Waals surface area contributed by atoms with Crippen LogP contribution in [0.4, 0.5) is 11.4 Å². The molecule has 170 valence electrons. The molecule has 32 heavy (non-hydrogen) atoms. The van der Waals surface area contributed by atoms with Crippen molar-refractivity contribution in [2.24, 2.45) is 0 Å². The highest BCUT2D eigenvalue weighted by atomic mass is 16.5. The van der Waals surface area contributed by atoms with Gasteiger partial charge in [-0.1, -0.05) is 12.1 Å². The second kappa shape index (κ2) is 11.6. The first-order chi connectivity index (χ1) is 15.1. The van der Waals surface area contributed by atoms with Gasteiger partial charge in [0.1, 0.15) is 0 Å². The van der Waals surface area contributed by atoms with Gasteiger partial charge < -0.3 is 20.1 Å². The first kappa shape index (κ1) is 24.6. The van der Waals surface area contributed by atoms with Gasteiger partial charge in [0.15, 0.2) is 6.61 Å². The molecule has 8 nitrogen and oxygen atoms in total. The molecule has 0 aromatic heterocycles. The minimum Gasteiger partial charge on any atom is -0.459 e. The molecule has 0 atom stereocenters. The summed E-state index contributed by atoms with van der Waals surface area (Å²) in [5, 5.41) is 5.33. The molecule has 0 aliphatic heterocycles. The van der Waals surface area contributed by atoms with Crippen molar-refractivity contribution in [3.63, 3.8) is 0 Å². The average molecular weight is 440 g/mol. The normalized spacial score (nSPS) is 10.4. The predicted octanol–water partition coefficient (Wildman–Crippen LogP) is 3.77. The zero-order valence-corrected chi connectivity index (χ0v) is 18.7. The van der Waals surface area contributed by atoms with Crippen LogP contribution in [-0.2, 0) is 23.9 Å². The van der Waals surface area contributed by atoms with E-state index in [-0.39, 0.29) is 24.9 Å². The van der Waals surface area contributed by atoms with Crippen molar-refractivity contribution >= 4 is 35.1 Å². The molecule has 0 heterocycles. The van der Waals surface area contributed by atoms with Crippen molar-refractivity contribution in [1.82, 2.24) is 0 Å². The number of amides is 2. The van der Waals surface area contributed by atoms with Crippen LogP contribution in [0.5, 0.6) is 0 Å². The summed E-state index contributed by atoms with van der Waals surface area (Å²) in [6.07, 6.45) is -0.491. The summed E-state index contributed by atoms with van der Waals surface area (Å²) in [6, 6.07) is 11.9. The van der Waals surface area contributed by atoms with Crippen LogP contribution in [0.3, 0.4) is 0 Å². The largest absolute Gasteiger partial charge is 0.459 e. The van der Waals surface area contributed by atoms with Crippen molar-refractivity contribution in [2.75, 3.05) is 17.2 Å². The molecule has 0 unspecified atom stereocenters. The lowest BCUT2D eigenvalue weighted by molar-refractivity contribution is -0.147. The molecular formula is C24H28N2O6. The third-order valence-corrected chi connectivity index (χ3v) is 4.33. The Morgan fingerprint density at radius 3 is 2.22 bits per heavy atom. The van der Waals surface area contributed by atoms with Crippen molar-refractivity contribution in [3.05, 3.63) is 59.2 Å². The lowest BCUT2D eigenvalue weighted by atomic mass is 10.1. The standard InChI is InChI=1S/C24H28N2O6/c1-15(2)32-24(30)18-7-9-19(10-8-18)25-21(27)11-12-23(29)31-14-22(28)26-20-13-16(3)5-6-17(20)4/h5-10,13,15H,11-12,14H2,1-4H3,(H,25,27)(H,26,28). The maximum absolute atomic E-state index is 12.0. The third kappa shape index (κ3) is 8.22. The van der Waals surface area contributed by atoms with E-state index in [2.05, 4.69) is 10.6 Å². The van der Waals surface area contributed by atoms with Crippen LogP contribution in [0.2, 0.25) is 0 Å². The van der Waals surface area contributed by atoms with Gasteiger partial charge in [0.05, 0.1) is 18.1 Å². The van der Waals surface area contributed by atoms with Gasteiger partial charge in [-0.05, 0) is 69.2 Å². The van der Waals surface area contributed by atoms with Gasteiger partial charge in [-0.15, -0.1) is 0 Å². The Hall–Kier alpha value is -3.68. The van der Waals surface area contributed by atoms with E-state index in [4.69, 9.17) is 9.47 Å². The third-order valence-electron chi connectivity index (χ3n) is 4.33. The van der Waals surface area contributed by atoms with E-state index in [1.807, 2.05) is 32.0 Å². The maximum atomic E-state index is 12.0. The Balaban J connectivity index is 1.72. The van der Waals surface area contributed by atoms with Crippen LogP contribution in [0.15, 0.2) is 42.5 Å². The summed E-state index contributed by atoms with van der Waals surface area (Å²) >= 11 is 0. The monoisotopic (exact) mass is 440 g/mol. The summed E-state index contributed by atoms with van der Waals surface area (Å²) in [7, 11) is 0. The highest BCUT2D eigenvalue weighted by Gasteiger charge is 2.13. The van der Waals surface area contributed by atoms with E-state index in [1.165, 1.54) is 0 Å². The predicted molar refractivity (Wildman–Crippen MR) is 120 cm³/mol. The number of anilines is 2. The Labute approximate surface area is 187 Å². The van der Waals surface area contributed by atoms with Crippen molar-refractivity contribution in [2.45, 2.75) is 46.6 Å². The number of rotatable bonds is 9. The van der Waals surface area contributed by atoms with Crippen molar-refractivity contribution < 1.29 is 28.7 Å². The number of carbonyl (C=O) groups is 4. The molecule has 0 saturated heterocycles. The fraction of sp³-hybridized carbons (Fsp3) is 0.333. The van der Waals surface area contributed by atoms with Gasteiger partial charge in [0, 0.05) is 17.8 Å². The molecule has 0 bridgehead atoms. The Kier molecular flexibility index (Phi) is 8.95. The molecule has 2 N–H and O–H groups in total. The number of hydrogen-bond acceptors (Lipinski definition) is 6. The molecule has 2 rings (SSSR count). The number of ether oxygens (including phenoxy) is 2. The van der Waals surface area contributed by atoms with E-state index in [1.54, 1.807) is 38.1 Å². The van der Waals surface area contributed by atoms with E-state index in [0.29, 0.717) is 16.9 Å². The van der Waals surface area contributed by atoms with Gasteiger partial charge >= 0.3 is 11.9 Å². The Morgan fingerprint density at radius 1 is 0.875 bits per heavy atom. The molecule has 8 heteroatoms. The van der Waals surface area contributed by atoms with Crippen LogP contribution >= 0.6 is 0 Å². The summed E-state index contributed by atoms with van der Waals surface area (Å²) in [4.78, 5) is 47.7. The summed E-state index contributed by atoms with van der Waals surface area (Å²) in [5.74, 6) is -1.93. The molecule has 0 radical (unpaired) electrons. The van der Waals surface area contributed by atoms with Crippen molar-refractivity contribution in [1.29, 1.82) is 0 Å². The van der Waals surface area contributed by atoms with Gasteiger partial charge in [-0.25, -0.2) is 4.79 Å². The second-order valence-corrected chi connectivity index (χ2v) is 7.61. The zero-order valence-electron chi connectivity index (χ0n) is 18.7. The van der Waals surface area contributed by atoms with Gasteiger partial charge in [-0.2, -0.15) is 0 Å². The molecule has 2 aromatic carbocycles. The minimum absolute atomic E-state index is 0.103. The number of carbonyl (C=O) groups excluding carboxylic acids is 4. The van der Waals surface area contributed by atoms with Gasteiger partial charge in [0.2, 0.25) is 5.91 Å². The Morgan fingerprint density at radius 2 is 1.56 bits per heavy atom. The molecular weight excluding hydrogens is 412 g/mol. The van der Waals surface area contributed by atoms with Crippen LogP contribution in [0.1, 0.15) is 48.2 Å². The Bertz CT molecular complexity index is 982. The quantitative estimate of drug-likeness (QED) is 0.574. The minimum atomic E-state index is -0.650. The van der Waals surface area contributed by atoms with Crippen LogP contribution in [0.25, 0.3) is 0 Å². The summed E-state index contributed by atoms with van der Waals surface area (Å²) in [6.45, 7) is 6.87. The number of nitrogens with one attached hydrogen (secondary N) is 2. The molecule has 0 aliphatic carbocycles. The van der Waals surface area contributed by atoms with E-state index in [0.717, 1.165) is 11.1 Å². The van der Waals surface area contributed by atoms with Crippen molar-refractivity contribution in [3.8, 4) is 0 Å². The van der Waals surface area contributed by atoms with Gasteiger partial charge in [-0.3, -0.25) is 14.4 Å². The second-order valence-electron chi connectivity index (χ2n) is 7.61. The molecule has 0 saturated carbocycles. The first-order valence-electron chi connectivity index (χ1n) is 10.3. The fourth-order valence-corrected chi connectivity index (χ4v) is 2.69. The fourth-order valence-electron chi connectivity index (χ4n) is 2.69. The molecule has 2 amide bonds. The van der Waals surface area contributed by atoms with Gasteiger partial charge in [0.25, 0.3) is 5.91 Å². The lowest BCUT2D eigenvalue weighted by Gasteiger charge is -2.10. The molecule has 0 spiro atoms. The van der Waals surface area contributed by atoms with E-state index in [9.17, 15) is 19.2 Å². The first-order valence-corrected chi connectivity index (χ1v) is 10.3. The smallest absolute Gasteiger partial charge is 0.338 e. The number of esters is 2. The van der Waals surface area contributed by atoms with Crippen LogP contribution < -0.4 is 10.6 Å². The lowest BCUT2D eigenvalue weighted by Crippen LogP contribution is -2.22. The SMILES string of the molecule is Cc1ccc(C)c(NC(=O)COC(=O)CCC(=O)Nc2ccc(C(=O)OC(C)C)cc2)c1. The van der Waals surface area contributed by atoms with Crippen LogP contribution in [-0.4, -0.2) is 36.5 Å². The number of aryl methyl sites for hydroxylation is 2. The number of hydrogen-bond donors (Lipinski definition) is 2. The molecule has 0 aliphatic rings. The average Bonchev–Trinajstić information content (AvgIpc) is 2.73.